The zero-order chi connectivity index (χ0) is 10.7. The molecule has 1 atom stereocenters. The predicted molar refractivity (Wildman–Crippen MR) is 64.9 cm³/mol. The highest BCUT2D eigenvalue weighted by Crippen LogP contribution is 2.36. The smallest absolute Gasteiger partial charge is 0.329 e. The lowest BCUT2D eigenvalue weighted by Gasteiger charge is -2.09. The van der Waals surface area contributed by atoms with Gasteiger partial charge in [-0.1, -0.05) is 45.9 Å². The molecule has 0 aliphatic carbocycles. The van der Waals surface area contributed by atoms with Gasteiger partial charge in [-0.25, -0.2) is 0 Å². The summed E-state index contributed by atoms with van der Waals surface area (Å²) in [5, 5.41) is 1.74. The van der Waals surface area contributed by atoms with Crippen molar-refractivity contribution in [3.8, 4) is 5.75 Å². The van der Waals surface area contributed by atoms with Crippen molar-refractivity contribution < 1.29 is 9.53 Å². The number of esters is 1. The lowest BCUT2D eigenvalue weighted by molar-refractivity contribution is -0.132. The molecule has 2 nitrogen and oxygen atoms in total. The van der Waals surface area contributed by atoms with E-state index in [9.17, 15) is 4.79 Å². The summed E-state index contributed by atoms with van der Waals surface area (Å²) in [7, 11) is 3.07. The Hall–Kier alpha value is -0.870. The molecule has 1 heterocycles. The quantitative estimate of drug-likeness (QED) is 0.449. The average molecular weight is 238 g/mol. The Morgan fingerprint density at radius 2 is 2.20 bits per heavy atom. The zero-order valence-electron chi connectivity index (χ0n) is 8.17. The maximum Gasteiger partial charge on any atom is 0.329 e. The van der Waals surface area contributed by atoms with Crippen molar-refractivity contribution in [3.63, 3.8) is 0 Å². The number of carbonyl (C=O) groups is 1. The van der Waals surface area contributed by atoms with E-state index in [4.69, 9.17) is 4.74 Å². The Labute approximate surface area is 96.5 Å². The molecular weight excluding hydrogens is 228 g/mol. The number of benzene rings is 1. The summed E-state index contributed by atoms with van der Waals surface area (Å²) in [5.41, 5.74) is 0.977. The first kappa shape index (κ1) is 10.6. The number of rotatable bonds is 2. The van der Waals surface area contributed by atoms with Crippen LogP contribution in [0.1, 0.15) is 5.56 Å². The predicted octanol–water partition coefficient (Wildman–Crippen LogP) is 3.18. The molecule has 15 heavy (non-hydrogen) atoms. The molecule has 0 bridgehead atoms. The molecule has 1 aliphatic heterocycles. The van der Waals surface area contributed by atoms with E-state index < -0.39 is 0 Å². The molecule has 0 saturated heterocycles. The van der Waals surface area contributed by atoms with Gasteiger partial charge >= 0.3 is 5.97 Å². The first-order valence-corrected chi connectivity index (χ1v) is 6.81. The van der Waals surface area contributed by atoms with E-state index in [1.165, 1.54) is 10.8 Å². The Morgan fingerprint density at radius 1 is 1.40 bits per heavy atom. The highest BCUT2D eigenvalue weighted by Gasteiger charge is 2.22. The van der Waals surface area contributed by atoms with Gasteiger partial charge in [-0.2, -0.15) is 0 Å². The van der Waals surface area contributed by atoms with E-state index in [0.717, 1.165) is 5.56 Å². The second kappa shape index (κ2) is 4.77. The molecule has 0 saturated carbocycles. The van der Waals surface area contributed by atoms with Gasteiger partial charge in [-0.15, -0.1) is 0 Å². The minimum Gasteiger partial charge on any atom is -0.425 e. The van der Waals surface area contributed by atoms with Crippen molar-refractivity contribution in [1.29, 1.82) is 0 Å². The van der Waals surface area contributed by atoms with Crippen LogP contribution in [0.5, 0.6) is 5.75 Å². The summed E-state index contributed by atoms with van der Waals surface area (Å²) in [6, 6.07) is 7.52. The van der Waals surface area contributed by atoms with E-state index in [0.29, 0.717) is 5.75 Å². The summed E-state index contributed by atoms with van der Waals surface area (Å²) in [4.78, 5) is 11.7. The first-order valence-electron chi connectivity index (χ1n) is 4.53. The summed E-state index contributed by atoms with van der Waals surface area (Å²) in [6.45, 7) is 1.93. The van der Waals surface area contributed by atoms with Crippen LogP contribution in [-0.2, 0) is 4.79 Å². The van der Waals surface area contributed by atoms with E-state index in [-0.39, 0.29) is 11.2 Å². The molecule has 0 aromatic heterocycles. The van der Waals surface area contributed by atoms with Crippen molar-refractivity contribution >= 4 is 27.6 Å². The number of ether oxygens (including phenoxy) is 1. The summed E-state index contributed by atoms with van der Waals surface area (Å²) >= 11 is 0. The van der Waals surface area contributed by atoms with Gasteiger partial charge in [-0.05, 0) is 24.0 Å². The first-order chi connectivity index (χ1) is 7.27. The highest BCUT2D eigenvalue weighted by molar-refractivity contribution is 8.78. The standard InChI is InChI=1S/C11H10O2S2/c1-8-4-2-3-5-9(8)13-11(12)10-6-7-14-15-10/h2-7,10H,1H3. The molecule has 0 N–H and O–H groups in total. The lowest BCUT2D eigenvalue weighted by atomic mass is 10.2. The molecule has 1 aromatic carbocycles. The number of hydrogen-bond acceptors (Lipinski definition) is 4. The van der Waals surface area contributed by atoms with Crippen LogP contribution in [0, 0.1) is 6.92 Å². The fourth-order valence-corrected chi connectivity index (χ4v) is 3.13. The largest absolute Gasteiger partial charge is 0.425 e. The van der Waals surface area contributed by atoms with E-state index >= 15 is 0 Å². The number of hydrogen-bond donors (Lipinski definition) is 0. The third-order valence-corrected chi connectivity index (χ3v) is 4.23. The highest BCUT2D eigenvalue weighted by atomic mass is 33.1. The van der Waals surface area contributed by atoms with Gasteiger partial charge in [0.2, 0.25) is 0 Å². The average Bonchev–Trinajstić information content (AvgIpc) is 2.74. The Morgan fingerprint density at radius 3 is 2.87 bits per heavy atom. The maximum absolute atomic E-state index is 11.7. The molecule has 0 amide bonds. The van der Waals surface area contributed by atoms with Crippen LogP contribution in [0.3, 0.4) is 0 Å². The summed E-state index contributed by atoms with van der Waals surface area (Å²) < 4.78 is 5.30. The van der Waals surface area contributed by atoms with Gasteiger partial charge < -0.3 is 4.74 Å². The minimum atomic E-state index is -0.199. The van der Waals surface area contributed by atoms with Gasteiger partial charge in [0.05, 0.1) is 0 Å². The summed E-state index contributed by atoms with van der Waals surface area (Å²) in [5.74, 6) is 0.448. The van der Waals surface area contributed by atoms with E-state index in [2.05, 4.69) is 0 Å². The second-order valence-electron chi connectivity index (χ2n) is 3.13. The van der Waals surface area contributed by atoms with Gasteiger partial charge in [-0.3, -0.25) is 4.79 Å². The van der Waals surface area contributed by atoms with Crippen LogP contribution in [-0.4, -0.2) is 11.2 Å². The van der Waals surface area contributed by atoms with Crippen LogP contribution in [0.25, 0.3) is 0 Å². The van der Waals surface area contributed by atoms with Crippen molar-refractivity contribution in [2.45, 2.75) is 12.2 Å². The van der Waals surface area contributed by atoms with Crippen LogP contribution >= 0.6 is 21.6 Å². The molecule has 0 fully saturated rings. The second-order valence-corrected chi connectivity index (χ2v) is 5.45. The summed E-state index contributed by atoms with van der Waals surface area (Å²) in [6.07, 6.45) is 1.86. The Balaban J connectivity index is 2.05. The number of carbonyl (C=O) groups excluding carboxylic acids is 1. The number of aryl methyl sites for hydroxylation is 1. The fraction of sp³-hybridized carbons (Fsp3) is 0.182. The van der Waals surface area contributed by atoms with Gasteiger partial charge in [0.1, 0.15) is 11.0 Å². The van der Waals surface area contributed by atoms with Crippen molar-refractivity contribution in [1.82, 2.24) is 0 Å². The topological polar surface area (TPSA) is 26.3 Å². The monoisotopic (exact) mass is 238 g/mol. The van der Waals surface area contributed by atoms with Crippen molar-refractivity contribution in [2.75, 3.05) is 0 Å². The minimum absolute atomic E-state index is 0.172. The van der Waals surface area contributed by atoms with E-state index in [1.807, 2.05) is 42.7 Å². The molecule has 78 valence electrons. The molecule has 1 unspecified atom stereocenters. The normalized spacial score (nSPS) is 19.1. The van der Waals surface area contributed by atoms with Gasteiger partial charge in [0.25, 0.3) is 0 Å². The van der Waals surface area contributed by atoms with E-state index in [1.54, 1.807) is 10.8 Å². The maximum atomic E-state index is 11.7. The SMILES string of the molecule is Cc1ccccc1OC(=O)C1C=CSS1. The Kier molecular flexibility index (Phi) is 3.38. The molecule has 1 aliphatic rings. The third kappa shape index (κ3) is 2.58. The van der Waals surface area contributed by atoms with Crippen LogP contribution in [0.4, 0.5) is 0 Å². The Bertz CT molecular complexity index is 401. The molecule has 1 aromatic rings. The fourth-order valence-electron chi connectivity index (χ4n) is 1.18. The van der Waals surface area contributed by atoms with Crippen molar-refractivity contribution in [3.05, 3.63) is 41.3 Å². The van der Waals surface area contributed by atoms with Crippen LogP contribution < -0.4 is 4.74 Å². The van der Waals surface area contributed by atoms with Crippen LogP contribution in [0.2, 0.25) is 0 Å². The zero-order valence-corrected chi connectivity index (χ0v) is 9.81. The molecule has 2 rings (SSSR count). The van der Waals surface area contributed by atoms with Gasteiger partial charge in [0, 0.05) is 0 Å². The molecular formula is C11H10O2S2. The third-order valence-electron chi connectivity index (χ3n) is 2.00. The van der Waals surface area contributed by atoms with Crippen LogP contribution in [0.15, 0.2) is 35.7 Å². The number of para-hydroxylation sites is 1. The van der Waals surface area contributed by atoms with Crippen molar-refractivity contribution in [2.24, 2.45) is 0 Å². The molecule has 4 heteroatoms. The van der Waals surface area contributed by atoms with Gasteiger partial charge in [0.15, 0.2) is 0 Å². The molecule has 0 radical (unpaired) electrons. The lowest BCUT2D eigenvalue weighted by Crippen LogP contribution is -2.19. The molecule has 0 spiro atoms.